The van der Waals surface area contributed by atoms with E-state index in [1.807, 2.05) is 12.1 Å². The van der Waals surface area contributed by atoms with Crippen molar-refractivity contribution in [2.75, 3.05) is 17.9 Å². The van der Waals surface area contributed by atoms with Crippen molar-refractivity contribution >= 4 is 40.3 Å². The van der Waals surface area contributed by atoms with Crippen LogP contribution in [0.1, 0.15) is 31.7 Å². The number of imide groups is 1. The fraction of sp³-hybridized carbons (Fsp3) is 0.304. The van der Waals surface area contributed by atoms with E-state index in [-0.39, 0.29) is 24.1 Å². The average Bonchev–Trinajstić information content (AvgIpc) is 3.49. The molecule has 0 radical (unpaired) electrons. The standard InChI is InChI=1S/C23H22N4O5S/c28-20(26-22(30)24-14-9-10-18-19(11-14)32-13-31-18)12-33-23-25-17-8-4-3-7-16(17)21(29)27(23)15-5-1-2-6-15/h3-4,7-11,15H,1-2,5-6,12-13H2,(H2,24,26,28,30). The van der Waals surface area contributed by atoms with Crippen LogP contribution in [0.3, 0.4) is 0 Å². The largest absolute Gasteiger partial charge is 0.454 e. The van der Waals surface area contributed by atoms with Crippen molar-refractivity contribution in [3.63, 3.8) is 0 Å². The smallest absolute Gasteiger partial charge is 0.325 e. The predicted molar refractivity (Wildman–Crippen MR) is 124 cm³/mol. The summed E-state index contributed by atoms with van der Waals surface area (Å²) in [6.07, 6.45) is 3.96. The van der Waals surface area contributed by atoms with Crippen molar-refractivity contribution in [2.24, 2.45) is 0 Å². The molecular weight excluding hydrogens is 444 g/mol. The summed E-state index contributed by atoms with van der Waals surface area (Å²) < 4.78 is 12.2. The molecular formula is C23H22N4O5S. The zero-order valence-corrected chi connectivity index (χ0v) is 18.5. The summed E-state index contributed by atoms with van der Waals surface area (Å²) in [5.74, 6) is 0.594. The molecule has 2 N–H and O–H groups in total. The quantitative estimate of drug-likeness (QED) is 0.436. The van der Waals surface area contributed by atoms with Crippen LogP contribution >= 0.6 is 11.8 Å². The first kappa shape index (κ1) is 21.3. The van der Waals surface area contributed by atoms with Crippen LogP contribution in [0.2, 0.25) is 0 Å². The van der Waals surface area contributed by atoms with Gasteiger partial charge in [0.2, 0.25) is 12.7 Å². The minimum absolute atomic E-state index is 0.0495. The van der Waals surface area contributed by atoms with Crippen molar-refractivity contribution in [1.82, 2.24) is 14.9 Å². The number of urea groups is 1. The van der Waals surface area contributed by atoms with Gasteiger partial charge in [0, 0.05) is 17.8 Å². The maximum absolute atomic E-state index is 13.2. The molecule has 0 bridgehead atoms. The van der Waals surface area contributed by atoms with Gasteiger partial charge in [-0.25, -0.2) is 9.78 Å². The van der Waals surface area contributed by atoms with Gasteiger partial charge in [-0.15, -0.1) is 0 Å². The van der Waals surface area contributed by atoms with Gasteiger partial charge in [0.15, 0.2) is 16.7 Å². The maximum atomic E-state index is 13.2. The Morgan fingerprint density at radius 1 is 1.09 bits per heavy atom. The third kappa shape index (κ3) is 4.51. The van der Waals surface area contributed by atoms with E-state index in [9.17, 15) is 14.4 Å². The highest BCUT2D eigenvalue weighted by molar-refractivity contribution is 7.99. The molecule has 0 unspecified atom stereocenters. The summed E-state index contributed by atoms with van der Waals surface area (Å²) in [5.41, 5.74) is 0.986. The predicted octanol–water partition coefficient (Wildman–Crippen LogP) is 3.68. The number of benzene rings is 2. The lowest BCUT2D eigenvalue weighted by Gasteiger charge is -2.18. The number of fused-ring (bicyclic) bond motifs is 2. The summed E-state index contributed by atoms with van der Waals surface area (Å²) in [7, 11) is 0. The Hall–Kier alpha value is -3.53. The van der Waals surface area contributed by atoms with Crippen LogP contribution in [-0.2, 0) is 4.79 Å². The molecule has 3 amide bonds. The number of carbonyl (C=O) groups is 2. The summed E-state index contributed by atoms with van der Waals surface area (Å²) in [5, 5.41) is 5.98. The van der Waals surface area contributed by atoms with E-state index in [0.29, 0.717) is 33.2 Å². The summed E-state index contributed by atoms with van der Waals surface area (Å²) in [6, 6.07) is 11.6. The van der Waals surface area contributed by atoms with Crippen molar-refractivity contribution in [2.45, 2.75) is 36.9 Å². The van der Waals surface area contributed by atoms with Crippen LogP contribution in [0.5, 0.6) is 11.5 Å². The molecule has 2 aliphatic rings. The number of nitrogens with zero attached hydrogens (tertiary/aromatic N) is 2. The Morgan fingerprint density at radius 3 is 2.73 bits per heavy atom. The number of amides is 3. The Bertz CT molecular complexity index is 1290. The molecule has 2 heterocycles. The number of rotatable bonds is 5. The molecule has 0 atom stereocenters. The molecule has 1 fully saturated rings. The number of anilines is 1. The van der Waals surface area contributed by atoms with Gasteiger partial charge in [0.05, 0.1) is 16.7 Å². The van der Waals surface area contributed by atoms with Gasteiger partial charge in [0.25, 0.3) is 5.56 Å². The van der Waals surface area contributed by atoms with Gasteiger partial charge < -0.3 is 14.8 Å². The van der Waals surface area contributed by atoms with E-state index in [4.69, 9.17) is 9.47 Å². The van der Waals surface area contributed by atoms with Crippen LogP contribution in [0, 0.1) is 0 Å². The molecule has 3 aromatic rings. The highest BCUT2D eigenvalue weighted by Gasteiger charge is 2.23. The summed E-state index contributed by atoms with van der Waals surface area (Å²) in [6.45, 7) is 0.134. The first-order chi connectivity index (χ1) is 16.1. The molecule has 9 nitrogen and oxygen atoms in total. The Morgan fingerprint density at radius 2 is 1.88 bits per heavy atom. The third-order valence-corrected chi connectivity index (χ3v) is 6.63. The minimum atomic E-state index is -0.654. The molecule has 0 spiro atoms. The van der Waals surface area contributed by atoms with E-state index in [0.717, 1.165) is 37.4 Å². The average molecular weight is 467 g/mol. The van der Waals surface area contributed by atoms with Gasteiger partial charge in [-0.05, 0) is 37.1 Å². The number of hydrogen-bond donors (Lipinski definition) is 2. The molecule has 1 aliphatic heterocycles. The van der Waals surface area contributed by atoms with Crippen molar-refractivity contribution in [1.29, 1.82) is 0 Å². The monoisotopic (exact) mass is 466 g/mol. The lowest BCUT2D eigenvalue weighted by molar-refractivity contribution is -0.117. The molecule has 1 saturated carbocycles. The number of hydrogen-bond acceptors (Lipinski definition) is 7. The lowest BCUT2D eigenvalue weighted by Crippen LogP contribution is -2.35. The Labute approximate surface area is 193 Å². The summed E-state index contributed by atoms with van der Waals surface area (Å²) in [4.78, 5) is 42.5. The van der Waals surface area contributed by atoms with Crippen molar-refractivity contribution < 1.29 is 19.1 Å². The maximum Gasteiger partial charge on any atom is 0.325 e. The molecule has 1 aliphatic carbocycles. The van der Waals surface area contributed by atoms with E-state index in [1.165, 1.54) is 0 Å². The molecule has 1 aromatic heterocycles. The number of ether oxygens (including phenoxy) is 2. The number of aromatic nitrogens is 2. The summed E-state index contributed by atoms with van der Waals surface area (Å²) >= 11 is 1.16. The zero-order chi connectivity index (χ0) is 22.8. The SMILES string of the molecule is O=C(CSc1nc2ccccc2c(=O)n1C1CCCC1)NC(=O)Nc1ccc2c(c1)OCO2. The lowest BCUT2D eigenvalue weighted by atomic mass is 10.2. The van der Waals surface area contributed by atoms with E-state index in [2.05, 4.69) is 15.6 Å². The number of para-hydroxylation sites is 1. The van der Waals surface area contributed by atoms with Gasteiger partial charge in [-0.1, -0.05) is 36.7 Å². The van der Waals surface area contributed by atoms with Crippen LogP contribution in [0.4, 0.5) is 10.5 Å². The van der Waals surface area contributed by atoms with Crippen molar-refractivity contribution in [3.05, 3.63) is 52.8 Å². The number of carbonyl (C=O) groups excluding carboxylic acids is 2. The van der Waals surface area contributed by atoms with Crippen molar-refractivity contribution in [3.8, 4) is 11.5 Å². The second-order valence-corrected chi connectivity index (χ2v) is 8.83. The molecule has 170 valence electrons. The highest BCUT2D eigenvalue weighted by atomic mass is 32.2. The highest BCUT2D eigenvalue weighted by Crippen LogP contribution is 2.34. The second-order valence-electron chi connectivity index (χ2n) is 7.88. The fourth-order valence-electron chi connectivity index (χ4n) is 4.14. The van der Waals surface area contributed by atoms with Gasteiger partial charge in [0.1, 0.15) is 0 Å². The van der Waals surface area contributed by atoms with E-state index in [1.54, 1.807) is 34.9 Å². The molecule has 0 saturated heterocycles. The Balaban J connectivity index is 1.27. The first-order valence-corrected chi connectivity index (χ1v) is 11.7. The van der Waals surface area contributed by atoms with Gasteiger partial charge in [-0.2, -0.15) is 0 Å². The third-order valence-electron chi connectivity index (χ3n) is 5.68. The van der Waals surface area contributed by atoms with Gasteiger partial charge >= 0.3 is 6.03 Å². The van der Waals surface area contributed by atoms with E-state index < -0.39 is 11.9 Å². The van der Waals surface area contributed by atoms with Crippen LogP contribution in [0.15, 0.2) is 52.4 Å². The number of nitrogens with one attached hydrogen (secondary N) is 2. The number of thioether (sulfide) groups is 1. The van der Waals surface area contributed by atoms with Crippen LogP contribution < -0.4 is 25.7 Å². The molecule has 5 rings (SSSR count). The zero-order valence-electron chi connectivity index (χ0n) is 17.7. The van der Waals surface area contributed by atoms with Crippen LogP contribution in [-0.4, -0.2) is 34.0 Å². The van der Waals surface area contributed by atoms with Crippen LogP contribution in [0.25, 0.3) is 10.9 Å². The molecule has 33 heavy (non-hydrogen) atoms. The molecule has 10 heteroatoms. The normalized spacial score (nSPS) is 15.0. The first-order valence-electron chi connectivity index (χ1n) is 10.7. The molecule has 2 aromatic carbocycles. The topological polar surface area (TPSA) is 112 Å². The fourth-order valence-corrected chi connectivity index (χ4v) is 5.01. The minimum Gasteiger partial charge on any atom is -0.454 e. The van der Waals surface area contributed by atoms with E-state index >= 15 is 0 Å². The second kappa shape index (κ2) is 9.14. The van der Waals surface area contributed by atoms with Gasteiger partial charge in [-0.3, -0.25) is 19.5 Å². The Kier molecular flexibility index (Phi) is 5.91.